The summed E-state index contributed by atoms with van der Waals surface area (Å²) in [5, 5.41) is 10.5. The van der Waals surface area contributed by atoms with Gasteiger partial charge in [0.25, 0.3) is 0 Å². The number of thioether (sulfide) groups is 1. The summed E-state index contributed by atoms with van der Waals surface area (Å²) in [5.41, 5.74) is -2.46. The number of aromatic nitrogens is 2. The van der Waals surface area contributed by atoms with E-state index in [-0.39, 0.29) is 52.6 Å². The smallest absolute Gasteiger partial charge is 0.383 e. The van der Waals surface area contributed by atoms with Crippen molar-refractivity contribution in [1.82, 2.24) is 14.5 Å². The fraction of sp³-hybridized carbons (Fsp3) is 0.429. The number of halogens is 5. The van der Waals surface area contributed by atoms with Crippen molar-refractivity contribution >= 4 is 28.5 Å². The zero-order valence-corrected chi connectivity index (χ0v) is 23.4. The molecule has 5 rings (SSSR count). The maximum Gasteiger partial charge on any atom is 0.417 e. The quantitative estimate of drug-likeness (QED) is 0.315. The molecule has 220 valence electrons. The number of hydrogen-bond acceptors (Lipinski definition) is 7. The largest absolute Gasteiger partial charge is 0.417 e. The highest BCUT2D eigenvalue weighted by Crippen LogP contribution is 2.50. The predicted octanol–water partition coefficient (Wildman–Crippen LogP) is 5.06. The van der Waals surface area contributed by atoms with Gasteiger partial charge in [-0.1, -0.05) is 6.58 Å². The van der Waals surface area contributed by atoms with Gasteiger partial charge in [0.15, 0.2) is 0 Å². The number of benzene rings is 2. The zero-order chi connectivity index (χ0) is 29.8. The van der Waals surface area contributed by atoms with Gasteiger partial charge in [-0.15, -0.1) is 11.8 Å². The Hall–Kier alpha value is -3.00. The fourth-order valence-electron chi connectivity index (χ4n) is 5.76. The third-order valence-corrected chi connectivity index (χ3v) is 8.89. The molecule has 0 aliphatic carbocycles. The van der Waals surface area contributed by atoms with Crippen LogP contribution in [0.4, 0.5) is 27.8 Å². The summed E-state index contributed by atoms with van der Waals surface area (Å²) in [7, 11) is 1.45. The highest BCUT2D eigenvalue weighted by molar-refractivity contribution is 7.99. The lowest BCUT2D eigenvalue weighted by molar-refractivity contribution is -0.137. The third kappa shape index (κ3) is 5.13. The Morgan fingerprint density at radius 2 is 1.95 bits per heavy atom. The van der Waals surface area contributed by atoms with Crippen molar-refractivity contribution in [3.8, 4) is 11.1 Å². The second-order valence-corrected chi connectivity index (χ2v) is 11.4. The Morgan fingerprint density at radius 1 is 1.22 bits per heavy atom. The average Bonchev–Trinajstić information content (AvgIpc) is 2.91. The minimum absolute atomic E-state index is 0.0647. The Kier molecular flexibility index (Phi) is 7.92. The number of anilines is 1. The van der Waals surface area contributed by atoms with Gasteiger partial charge in [-0.05, 0) is 38.1 Å². The molecule has 0 spiro atoms. The Bertz CT molecular complexity index is 1560. The number of aliphatic hydroxyl groups is 1. The molecule has 1 unspecified atom stereocenters. The molecule has 41 heavy (non-hydrogen) atoms. The standard InChI is InChI=1S/C28H29F5N4O3S/c1-5-22(38)35-10-15(3)36(11-14(35)2)26-19-9-20(28(31,32)33)23(18-7-6-16(29)8-21(18)30)25-24(19)37(27(39)34-26)17(12-40-4)13-41-25/h5-9,14-15,17,22,38H,1,10-13H2,2-4H3/t14-,15+,17+,22?/m1/s1. The molecule has 2 aromatic carbocycles. The predicted molar refractivity (Wildman–Crippen MR) is 147 cm³/mol. The molecule has 1 aromatic heterocycles. The van der Waals surface area contributed by atoms with Crippen LogP contribution in [0.25, 0.3) is 22.0 Å². The van der Waals surface area contributed by atoms with Gasteiger partial charge in [-0.3, -0.25) is 9.47 Å². The highest BCUT2D eigenvalue weighted by Gasteiger charge is 2.41. The van der Waals surface area contributed by atoms with E-state index in [2.05, 4.69) is 11.6 Å². The van der Waals surface area contributed by atoms with Gasteiger partial charge in [-0.2, -0.15) is 18.2 Å². The summed E-state index contributed by atoms with van der Waals surface area (Å²) >= 11 is 1.07. The number of nitrogens with zero attached hydrogens (tertiary/aromatic N) is 4. The van der Waals surface area contributed by atoms with Crippen molar-refractivity contribution in [3.63, 3.8) is 0 Å². The van der Waals surface area contributed by atoms with E-state index < -0.39 is 52.5 Å². The van der Waals surface area contributed by atoms with E-state index in [1.54, 1.807) is 9.80 Å². The van der Waals surface area contributed by atoms with E-state index in [1.165, 1.54) is 17.8 Å². The molecule has 0 saturated carbocycles. The Morgan fingerprint density at radius 3 is 2.59 bits per heavy atom. The monoisotopic (exact) mass is 596 g/mol. The first-order valence-corrected chi connectivity index (χ1v) is 14.0. The van der Waals surface area contributed by atoms with Crippen molar-refractivity contribution in [2.24, 2.45) is 0 Å². The highest BCUT2D eigenvalue weighted by atomic mass is 32.2. The van der Waals surface area contributed by atoms with Gasteiger partial charge in [0.2, 0.25) is 0 Å². The van der Waals surface area contributed by atoms with Crippen LogP contribution in [0.5, 0.6) is 0 Å². The van der Waals surface area contributed by atoms with Gasteiger partial charge in [-0.25, -0.2) is 13.6 Å². The summed E-state index contributed by atoms with van der Waals surface area (Å²) in [6.07, 6.45) is -4.43. The number of alkyl halides is 3. The van der Waals surface area contributed by atoms with Crippen molar-refractivity contribution in [2.75, 3.05) is 37.5 Å². The third-order valence-electron chi connectivity index (χ3n) is 7.65. The van der Waals surface area contributed by atoms with E-state index in [1.807, 2.05) is 13.8 Å². The SMILES string of the molecule is C=CC(O)N1C[C@H](C)N(c2nc(=O)n3c4c(c(-c5ccc(F)cc5F)c(C(F)(F)F)cc24)SC[C@@H]3COC)C[C@H]1C. The van der Waals surface area contributed by atoms with Crippen molar-refractivity contribution in [3.05, 3.63) is 64.6 Å². The minimum atomic E-state index is -4.91. The van der Waals surface area contributed by atoms with Gasteiger partial charge in [0.1, 0.15) is 23.7 Å². The van der Waals surface area contributed by atoms with E-state index >= 15 is 4.39 Å². The van der Waals surface area contributed by atoms with Gasteiger partial charge < -0.3 is 14.7 Å². The van der Waals surface area contributed by atoms with Crippen molar-refractivity contribution in [2.45, 2.75) is 49.3 Å². The van der Waals surface area contributed by atoms with Gasteiger partial charge in [0, 0.05) is 65.5 Å². The summed E-state index contributed by atoms with van der Waals surface area (Å²) in [6.45, 7) is 8.01. The van der Waals surface area contributed by atoms with Crippen LogP contribution in [-0.4, -0.2) is 70.4 Å². The van der Waals surface area contributed by atoms with E-state index in [0.717, 1.165) is 30.0 Å². The van der Waals surface area contributed by atoms with Crippen LogP contribution in [-0.2, 0) is 10.9 Å². The molecule has 2 aliphatic rings. The molecule has 1 saturated heterocycles. The molecule has 0 bridgehead atoms. The normalized spacial score (nSPS) is 22.3. The molecular weight excluding hydrogens is 567 g/mol. The molecule has 1 N–H and O–H groups in total. The van der Waals surface area contributed by atoms with Crippen LogP contribution in [0.3, 0.4) is 0 Å². The molecule has 2 aliphatic heterocycles. The lowest BCUT2D eigenvalue weighted by Gasteiger charge is -2.46. The molecule has 1 fully saturated rings. The molecule has 4 atom stereocenters. The maximum absolute atomic E-state index is 15.1. The maximum atomic E-state index is 15.1. The van der Waals surface area contributed by atoms with E-state index in [0.29, 0.717) is 12.6 Å². The van der Waals surface area contributed by atoms with Crippen LogP contribution in [0.1, 0.15) is 25.5 Å². The number of aliphatic hydroxyl groups excluding tert-OH is 1. The fourth-order valence-corrected chi connectivity index (χ4v) is 7.07. The van der Waals surface area contributed by atoms with Crippen molar-refractivity contribution < 1.29 is 31.8 Å². The second kappa shape index (κ2) is 11.0. The molecule has 3 aromatic rings. The molecule has 0 amide bonds. The van der Waals surface area contributed by atoms with Gasteiger partial charge >= 0.3 is 11.9 Å². The molecule has 0 radical (unpaired) electrons. The number of piperazine rings is 1. The molecule has 13 heteroatoms. The number of rotatable bonds is 6. The Labute approximate surface area is 237 Å². The topological polar surface area (TPSA) is 70.8 Å². The molecule has 3 heterocycles. The minimum Gasteiger partial charge on any atom is -0.383 e. The zero-order valence-electron chi connectivity index (χ0n) is 22.6. The van der Waals surface area contributed by atoms with Crippen LogP contribution in [0, 0.1) is 11.6 Å². The molecule has 7 nitrogen and oxygen atoms in total. The van der Waals surface area contributed by atoms with Crippen LogP contribution in [0.2, 0.25) is 0 Å². The first-order chi connectivity index (χ1) is 19.4. The summed E-state index contributed by atoms with van der Waals surface area (Å²) in [5.74, 6) is -1.81. The van der Waals surface area contributed by atoms with Crippen LogP contribution in [0.15, 0.2) is 46.6 Å². The summed E-state index contributed by atoms with van der Waals surface area (Å²) in [4.78, 5) is 21.5. The van der Waals surface area contributed by atoms with Crippen LogP contribution < -0.4 is 10.6 Å². The first kappa shape index (κ1) is 29.5. The Balaban J connectivity index is 1.84. The average molecular weight is 597 g/mol. The summed E-state index contributed by atoms with van der Waals surface area (Å²) in [6, 6.07) is 2.21. The number of methoxy groups -OCH3 is 1. The number of hydrogen-bond donors (Lipinski definition) is 1. The van der Waals surface area contributed by atoms with E-state index in [9.17, 15) is 27.5 Å². The van der Waals surface area contributed by atoms with Crippen LogP contribution >= 0.6 is 11.8 Å². The van der Waals surface area contributed by atoms with Crippen molar-refractivity contribution in [1.29, 1.82) is 0 Å². The lowest BCUT2D eigenvalue weighted by Crippen LogP contribution is -2.59. The van der Waals surface area contributed by atoms with E-state index in [4.69, 9.17) is 4.74 Å². The van der Waals surface area contributed by atoms with Gasteiger partial charge in [0.05, 0.1) is 23.7 Å². The summed E-state index contributed by atoms with van der Waals surface area (Å²) < 4.78 is 79.6. The first-order valence-electron chi connectivity index (χ1n) is 13.0. The number of ether oxygens (including phenoxy) is 1. The lowest BCUT2D eigenvalue weighted by atomic mass is 9.95. The molecular formula is C28H29F5N4O3S. The second-order valence-electron chi connectivity index (χ2n) is 10.4.